The van der Waals surface area contributed by atoms with E-state index in [2.05, 4.69) is 56.9 Å². The number of thiocarbonyl (C=S) groups is 1. The van der Waals surface area contributed by atoms with E-state index in [9.17, 15) is 9.59 Å². The number of para-hydroxylation sites is 1. The van der Waals surface area contributed by atoms with Crippen molar-refractivity contribution in [3.63, 3.8) is 0 Å². The van der Waals surface area contributed by atoms with Gasteiger partial charge in [-0.15, -0.1) is 0 Å². The third-order valence-electron chi connectivity index (χ3n) is 5.52. The Labute approximate surface area is 207 Å². The number of fused-ring (bicyclic) bond motifs is 3. The fraction of sp³-hybridized carbons (Fsp3) is 0.0800. The molecule has 0 bridgehead atoms. The number of carbonyl (C=O) groups excluding carboxylic acids is 1. The van der Waals surface area contributed by atoms with Crippen LogP contribution in [0.5, 0.6) is 0 Å². The van der Waals surface area contributed by atoms with E-state index < -0.39 is 12.5 Å². The Kier molecular flexibility index (Phi) is 5.82. The Bertz CT molecular complexity index is 1470. The maximum Gasteiger partial charge on any atom is 0.323 e. The second kappa shape index (κ2) is 8.78. The molecule has 0 unspecified atom stereocenters. The summed E-state index contributed by atoms with van der Waals surface area (Å²) in [6.07, 6.45) is 1.78. The van der Waals surface area contributed by atoms with Gasteiger partial charge < -0.3 is 9.67 Å². The molecular weight excluding hydrogens is 520 g/mol. The minimum atomic E-state index is -1.09. The standard InChI is InChI=1S/C25H17BrN2O3S2/c26-17-8-5-15(6-9-17)13-27-20-4-2-1-3-18(20)19-11-16(7-10-21(19)27)12-22-24(31)28(14-23(29)30)25(32)33-22/h1-12H,13-14H2,(H,29,30)/b22-12-. The predicted octanol–water partition coefficient (Wildman–Crippen LogP) is 5.89. The molecule has 3 aromatic carbocycles. The van der Waals surface area contributed by atoms with E-state index in [1.807, 2.05) is 30.3 Å². The lowest BCUT2D eigenvalue weighted by Gasteiger charge is -2.10. The van der Waals surface area contributed by atoms with Gasteiger partial charge in [0.25, 0.3) is 5.91 Å². The maximum absolute atomic E-state index is 12.6. The van der Waals surface area contributed by atoms with Crippen molar-refractivity contribution in [2.24, 2.45) is 0 Å². The molecule has 0 saturated carbocycles. The van der Waals surface area contributed by atoms with E-state index in [0.717, 1.165) is 55.0 Å². The number of amides is 1. The molecule has 164 valence electrons. The van der Waals surface area contributed by atoms with Gasteiger partial charge in [0.1, 0.15) is 10.9 Å². The fourth-order valence-electron chi connectivity index (χ4n) is 4.03. The zero-order valence-electron chi connectivity index (χ0n) is 17.2. The minimum Gasteiger partial charge on any atom is -0.480 e. The number of carboxylic acid groups (broad SMARTS) is 1. The van der Waals surface area contributed by atoms with E-state index in [-0.39, 0.29) is 10.2 Å². The molecule has 1 saturated heterocycles. The summed E-state index contributed by atoms with van der Waals surface area (Å²) in [5.41, 5.74) is 4.31. The Hall–Kier alpha value is -2.94. The smallest absolute Gasteiger partial charge is 0.323 e. The van der Waals surface area contributed by atoms with E-state index in [1.54, 1.807) is 6.08 Å². The summed E-state index contributed by atoms with van der Waals surface area (Å²) in [6, 6.07) is 22.7. The summed E-state index contributed by atoms with van der Waals surface area (Å²) in [7, 11) is 0. The summed E-state index contributed by atoms with van der Waals surface area (Å²) < 4.78 is 3.61. The molecule has 0 aliphatic carbocycles. The number of nitrogens with zero attached hydrogens (tertiary/aromatic N) is 2. The molecule has 1 aliphatic heterocycles. The fourth-order valence-corrected chi connectivity index (χ4v) is 5.55. The molecule has 0 spiro atoms. The van der Waals surface area contributed by atoms with Crippen molar-refractivity contribution in [1.29, 1.82) is 0 Å². The lowest BCUT2D eigenvalue weighted by atomic mass is 10.1. The second-order valence-corrected chi connectivity index (χ2v) is 10.3. The van der Waals surface area contributed by atoms with Gasteiger partial charge in [0.2, 0.25) is 0 Å². The van der Waals surface area contributed by atoms with Gasteiger partial charge >= 0.3 is 5.97 Å². The van der Waals surface area contributed by atoms with Crippen molar-refractivity contribution in [1.82, 2.24) is 9.47 Å². The highest BCUT2D eigenvalue weighted by Crippen LogP contribution is 2.35. The summed E-state index contributed by atoms with van der Waals surface area (Å²) in [4.78, 5) is 25.2. The van der Waals surface area contributed by atoms with E-state index in [1.165, 1.54) is 5.56 Å². The van der Waals surface area contributed by atoms with Crippen LogP contribution in [0.4, 0.5) is 0 Å². The van der Waals surface area contributed by atoms with Crippen molar-refractivity contribution in [2.75, 3.05) is 6.54 Å². The number of carboxylic acids is 1. The first-order chi connectivity index (χ1) is 15.9. The quantitative estimate of drug-likeness (QED) is 0.254. The number of thioether (sulfide) groups is 1. The zero-order valence-corrected chi connectivity index (χ0v) is 20.4. The first-order valence-corrected chi connectivity index (χ1v) is 12.1. The van der Waals surface area contributed by atoms with Crippen LogP contribution in [-0.2, 0) is 16.1 Å². The van der Waals surface area contributed by atoms with Gasteiger partial charge in [0.05, 0.1) is 4.91 Å². The van der Waals surface area contributed by atoms with Crippen LogP contribution >= 0.6 is 39.9 Å². The van der Waals surface area contributed by atoms with Crippen LogP contribution in [0.25, 0.3) is 27.9 Å². The van der Waals surface area contributed by atoms with Crippen molar-refractivity contribution < 1.29 is 14.7 Å². The van der Waals surface area contributed by atoms with Crippen LogP contribution in [0, 0.1) is 0 Å². The SMILES string of the molecule is O=C(O)CN1C(=O)/C(=C/c2ccc3c(c2)c2ccccc2n3Cc2ccc(Br)cc2)SC1=S. The van der Waals surface area contributed by atoms with Gasteiger partial charge in [-0.25, -0.2) is 0 Å². The number of benzene rings is 3. The van der Waals surface area contributed by atoms with Crippen LogP contribution in [0.15, 0.2) is 76.1 Å². The molecule has 5 rings (SSSR count). The van der Waals surface area contributed by atoms with Gasteiger partial charge in [-0.2, -0.15) is 0 Å². The lowest BCUT2D eigenvalue weighted by Crippen LogP contribution is -2.33. The average Bonchev–Trinajstić information content (AvgIpc) is 3.24. The zero-order chi connectivity index (χ0) is 23.1. The molecule has 2 heterocycles. The first kappa shape index (κ1) is 21.9. The number of carbonyl (C=O) groups is 2. The Morgan fingerprint density at radius 3 is 2.52 bits per heavy atom. The molecular formula is C25H17BrN2O3S2. The largest absolute Gasteiger partial charge is 0.480 e. The van der Waals surface area contributed by atoms with Crippen LogP contribution in [0.3, 0.4) is 0 Å². The van der Waals surface area contributed by atoms with Gasteiger partial charge in [-0.3, -0.25) is 14.5 Å². The molecule has 1 amide bonds. The number of aromatic nitrogens is 1. The third kappa shape index (κ3) is 4.21. The normalized spacial score (nSPS) is 15.3. The van der Waals surface area contributed by atoms with Crippen LogP contribution in [-0.4, -0.2) is 37.3 Å². The van der Waals surface area contributed by atoms with Gasteiger partial charge in [-0.1, -0.05) is 76.3 Å². The maximum atomic E-state index is 12.6. The molecule has 0 radical (unpaired) electrons. The van der Waals surface area contributed by atoms with Crippen LogP contribution in [0.2, 0.25) is 0 Å². The van der Waals surface area contributed by atoms with Gasteiger partial charge in [-0.05, 0) is 47.5 Å². The van der Waals surface area contributed by atoms with Crippen molar-refractivity contribution in [3.05, 3.63) is 87.2 Å². The number of halogens is 1. The van der Waals surface area contributed by atoms with Crippen molar-refractivity contribution in [2.45, 2.75) is 6.54 Å². The number of aliphatic carboxylic acids is 1. The van der Waals surface area contributed by atoms with Gasteiger partial charge in [0.15, 0.2) is 0 Å². The molecule has 1 aromatic heterocycles. The molecule has 1 N–H and O–H groups in total. The average molecular weight is 537 g/mol. The van der Waals surface area contributed by atoms with Crippen LogP contribution < -0.4 is 0 Å². The van der Waals surface area contributed by atoms with E-state index in [0.29, 0.717) is 4.91 Å². The Morgan fingerprint density at radius 2 is 1.76 bits per heavy atom. The molecule has 8 heteroatoms. The Morgan fingerprint density at radius 1 is 1.03 bits per heavy atom. The van der Waals surface area contributed by atoms with Gasteiger partial charge in [0, 0.05) is 32.8 Å². The minimum absolute atomic E-state index is 0.265. The Balaban J connectivity index is 1.56. The van der Waals surface area contributed by atoms with Crippen molar-refractivity contribution >= 4 is 84.0 Å². The molecule has 1 fully saturated rings. The third-order valence-corrected chi connectivity index (χ3v) is 7.42. The lowest BCUT2D eigenvalue weighted by molar-refractivity contribution is -0.140. The number of rotatable bonds is 5. The molecule has 33 heavy (non-hydrogen) atoms. The number of hydrogen-bond donors (Lipinski definition) is 1. The highest BCUT2D eigenvalue weighted by molar-refractivity contribution is 9.10. The van der Waals surface area contributed by atoms with Crippen molar-refractivity contribution in [3.8, 4) is 0 Å². The number of hydrogen-bond acceptors (Lipinski definition) is 4. The topological polar surface area (TPSA) is 62.5 Å². The highest BCUT2D eigenvalue weighted by Gasteiger charge is 2.33. The highest BCUT2D eigenvalue weighted by atomic mass is 79.9. The second-order valence-electron chi connectivity index (χ2n) is 7.67. The summed E-state index contributed by atoms with van der Waals surface area (Å²) in [6.45, 7) is 0.315. The summed E-state index contributed by atoms with van der Waals surface area (Å²) >= 11 is 9.82. The van der Waals surface area contributed by atoms with E-state index >= 15 is 0 Å². The first-order valence-electron chi connectivity index (χ1n) is 10.1. The molecule has 5 nitrogen and oxygen atoms in total. The summed E-state index contributed by atoms with van der Waals surface area (Å²) in [5, 5.41) is 11.3. The molecule has 0 atom stereocenters. The van der Waals surface area contributed by atoms with E-state index in [4.69, 9.17) is 17.3 Å². The molecule has 4 aromatic rings. The predicted molar refractivity (Wildman–Crippen MR) is 140 cm³/mol. The summed E-state index contributed by atoms with van der Waals surface area (Å²) in [5.74, 6) is -1.46. The molecule has 1 aliphatic rings. The monoisotopic (exact) mass is 536 g/mol. The van der Waals surface area contributed by atoms with Crippen LogP contribution in [0.1, 0.15) is 11.1 Å².